The fourth-order valence-electron chi connectivity index (χ4n) is 2.99. The van der Waals surface area contributed by atoms with Crippen LogP contribution >= 0.6 is 0 Å². The van der Waals surface area contributed by atoms with Crippen LogP contribution in [0.5, 0.6) is 0 Å². The van der Waals surface area contributed by atoms with Crippen molar-refractivity contribution in [1.82, 2.24) is 24.3 Å². The Hall–Kier alpha value is -3.17. The number of amides is 3. The Morgan fingerprint density at radius 3 is 1.89 bits per heavy atom. The molecule has 27 heavy (non-hydrogen) atoms. The van der Waals surface area contributed by atoms with Crippen LogP contribution in [0.15, 0.2) is 39.7 Å². The van der Waals surface area contributed by atoms with Gasteiger partial charge < -0.3 is 5.32 Å². The SMILES string of the molecule is C=CCn1c(=O)n(CC=C)c(=O)n(CC(=O)NC(=O)NC2CCCC2)c1=O. The molecule has 1 aromatic heterocycles. The van der Waals surface area contributed by atoms with E-state index in [9.17, 15) is 24.0 Å². The minimum atomic E-state index is -0.948. The van der Waals surface area contributed by atoms with Gasteiger partial charge >= 0.3 is 23.1 Å². The molecule has 1 heterocycles. The van der Waals surface area contributed by atoms with Crippen molar-refractivity contribution in [3.8, 4) is 0 Å². The molecule has 2 rings (SSSR count). The summed E-state index contributed by atoms with van der Waals surface area (Å²) < 4.78 is 2.17. The number of imide groups is 1. The number of nitrogens with one attached hydrogen (secondary N) is 2. The Bertz CT molecular complexity index is 869. The molecule has 10 nitrogen and oxygen atoms in total. The van der Waals surface area contributed by atoms with Crippen molar-refractivity contribution in [2.45, 2.75) is 51.4 Å². The number of hydrogen-bond donors (Lipinski definition) is 2. The van der Waals surface area contributed by atoms with E-state index in [0.717, 1.165) is 34.8 Å². The quantitative estimate of drug-likeness (QED) is 0.609. The maximum atomic E-state index is 12.4. The van der Waals surface area contributed by atoms with Crippen LogP contribution in [0.4, 0.5) is 4.79 Å². The van der Waals surface area contributed by atoms with Gasteiger partial charge in [0.15, 0.2) is 0 Å². The molecule has 10 heteroatoms. The predicted molar refractivity (Wildman–Crippen MR) is 98.5 cm³/mol. The van der Waals surface area contributed by atoms with E-state index in [4.69, 9.17) is 0 Å². The number of allylic oxidation sites excluding steroid dienone is 2. The zero-order chi connectivity index (χ0) is 20.0. The van der Waals surface area contributed by atoms with Gasteiger partial charge in [0, 0.05) is 6.04 Å². The molecule has 0 aliphatic heterocycles. The van der Waals surface area contributed by atoms with Crippen molar-refractivity contribution in [1.29, 1.82) is 0 Å². The second-order valence-electron chi connectivity index (χ2n) is 6.24. The first-order valence-corrected chi connectivity index (χ1v) is 8.65. The van der Waals surface area contributed by atoms with Crippen LogP contribution in [0.1, 0.15) is 25.7 Å². The number of rotatable bonds is 7. The average Bonchev–Trinajstić information content (AvgIpc) is 3.12. The molecule has 0 unspecified atom stereocenters. The van der Waals surface area contributed by atoms with Gasteiger partial charge in [-0.15, -0.1) is 13.2 Å². The third kappa shape index (κ3) is 4.72. The lowest BCUT2D eigenvalue weighted by Gasteiger charge is -2.14. The van der Waals surface area contributed by atoms with Gasteiger partial charge in [-0.1, -0.05) is 25.0 Å². The smallest absolute Gasteiger partial charge is 0.335 e. The topological polar surface area (TPSA) is 124 Å². The molecule has 1 saturated carbocycles. The number of nitrogens with zero attached hydrogens (tertiary/aromatic N) is 3. The van der Waals surface area contributed by atoms with Gasteiger partial charge in [0.25, 0.3) is 0 Å². The first kappa shape index (κ1) is 20.1. The van der Waals surface area contributed by atoms with Crippen LogP contribution in [0.25, 0.3) is 0 Å². The summed E-state index contributed by atoms with van der Waals surface area (Å²) in [6.45, 7) is 5.99. The average molecular weight is 377 g/mol. The van der Waals surface area contributed by atoms with Crippen LogP contribution in [0.2, 0.25) is 0 Å². The molecule has 1 aromatic rings. The lowest BCUT2D eigenvalue weighted by molar-refractivity contribution is -0.120. The normalized spacial score (nSPS) is 13.9. The zero-order valence-electron chi connectivity index (χ0n) is 15.0. The van der Waals surface area contributed by atoms with E-state index in [1.165, 1.54) is 12.2 Å². The molecule has 1 aliphatic rings. The predicted octanol–water partition coefficient (Wildman–Crippen LogP) is -0.688. The van der Waals surface area contributed by atoms with Gasteiger partial charge in [-0.2, -0.15) is 0 Å². The van der Waals surface area contributed by atoms with Crippen molar-refractivity contribution in [3.63, 3.8) is 0 Å². The highest BCUT2D eigenvalue weighted by Gasteiger charge is 2.20. The van der Waals surface area contributed by atoms with Crippen molar-refractivity contribution in [2.75, 3.05) is 0 Å². The summed E-state index contributed by atoms with van der Waals surface area (Å²) in [5.41, 5.74) is -2.71. The molecule has 2 N–H and O–H groups in total. The summed E-state index contributed by atoms with van der Waals surface area (Å²) in [5.74, 6) is -0.835. The largest absolute Gasteiger partial charge is 0.337 e. The van der Waals surface area contributed by atoms with Crippen LogP contribution in [-0.2, 0) is 24.4 Å². The van der Waals surface area contributed by atoms with Crippen molar-refractivity contribution in [2.24, 2.45) is 0 Å². The van der Waals surface area contributed by atoms with Crippen LogP contribution in [-0.4, -0.2) is 31.7 Å². The van der Waals surface area contributed by atoms with Gasteiger partial charge in [0.05, 0.1) is 13.1 Å². The van der Waals surface area contributed by atoms with Crippen LogP contribution in [0.3, 0.4) is 0 Å². The van der Waals surface area contributed by atoms with E-state index in [1.807, 2.05) is 0 Å². The monoisotopic (exact) mass is 377 g/mol. The minimum absolute atomic E-state index is 0.0137. The summed E-state index contributed by atoms with van der Waals surface area (Å²) in [7, 11) is 0. The highest BCUT2D eigenvalue weighted by atomic mass is 16.2. The molecule has 0 radical (unpaired) electrons. The fraction of sp³-hybridized carbons (Fsp3) is 0.471. The van der Waals surface area contributed by atoms with E-state index in [0.29, 0.717) is 4.57 Å². The van der Waals surface area contributed by atoms with Crippen LogP contribution in [0, 0.1) is 0 Å². The molecule has 0 atom stereocenters. The minimum Gasteiger partial charge on any atom is -0.335 e. The van der Waals surface area contributed by atoms with E-state index in [-0.39, 0.29) is 19.1 Å². The van der Waals surface area contributed by atoms with Crippen molar-refractivity contribution in [3.05, 3.63) is 56.8 Å². The Kier molecular flexibility index (Phi) is 6.69. The van der Waals surface area contributed by atoms with Crippen molar-refractivity contribution < 1.29 is 9.59 Å². The molecule has 0 aromatic carbocycles. The lowest BCUT2D eigenvalue weighted by atomic mass is 10.2. The molecule has 0 saturated heterocycles. The summed E-state index contributed by atoms with van der Waals surface area (Å²) >= 11 is 0. The Morgan fingerprint density at radius 1 is 0.926 bits per heavy atom. The van der Waals surface area contributed by atoms with E-state index in [2.05, 4.69) is 23.8 Å². The zero-order valence-corrected chi connectivity index (χ0v) is 15.0. The maximum absolute atomic E-state index is 12.4. The van der Waals surface area contributed by atoms with E-state index >= 15 is 0 Å². The first-order valence-electron chi connectivity index (χ1n) is 8.65. The number of carbonyl (C=O) groups excluding carboxylic acids is 2. The number of aromatic nitrogens is 3. The van der Waals surface area contributed by atoms with Crippen molar-refractivity contribution >= 4 is 11.9 Å². The summed E-state index contributed by atoms with van der Waals surface area (Å²) in [6.07, 6.45) is 6.37. The van der Waals surface area contributed by atoms with Gasteiger partial charge in [0.2, 0.25) is 5.91 Å². The molecule has 3 amide bonds. The molecule has 0 spiro atoms. The fourth-order valence-corrected chi connectivity index (χ4v) is 2.99. The number of urea groups is 1. The van der Waals surface area contributed by atoms with Crippen LogP contribution < -0.4 is 27.7 Å². The molecular weight excluding hydrogens is 354 g/mol. The molecule has 146 valence electrons. The number of hydrogen-bond acceptors (Lipinski definition) is 5. The Labute approximate surface area is 154 Å². The molecule has 0 bridgehead atoms. The summed E-state index contributed by atoms with van der Waals surface area (Å²) in [5, 5.41) is 4.78. The molecule has 1 aliphatic carbocycles. The summed E-state index contributed by atoms with van der Waals surface area (Å²) in [4.78, 5) is 61.1. The third-order valence-corrected chi connectivity index (χ3v) is 4.25. The highest BCUT2D eigenvalue weighted by Crippen LogP contribution is 2.17. The molecule has 1 fully saturated rings. The standard InChI is InChI=1S/C17H23N5O5/c1-3-9-20-15(25)21(10-4-2)17(27)22(16(20)26)11-13(23)19-14(24)18-12-7-5-6-8-12/h3-4,12H,1-2,5-11H2,(H2,18,19,23,24). The first-order chi connectivity index (χ1) is 12.9. The Morgan fingerprint density at radius 2 is 1.41 bits per heavy atom. The number of carbonyl (C=O) groups is 2. The summed E-state index contributed by atoms with van der Waals surface area (Å²) in [6, 6.07) is -0.661. The van der Waals surface area contributed by atoms with Gasteiger partial charge in [0.1, 0.15) is 6.54 Å². The highest BCUT2D eigenvalue weighted by molar-refractivity contribution is 5.94. The van der Waals surface area contributed by atoms with Gasteiger partial charge in [-0.05, 0) is 12.8 Å². The third-order valence-electron chi connectivity index (χ3n) is 4.25. The Balaban J connectivity index is 2.24. The second kappa shape index (κ2) is 8.97. The van der Waals surface area contributed by atoms with Gasteiger partial charge in [-0.3, -0.25) is 10.1 Å². The lowest BCUT2D eigenvalue weighted by Crippen LogP contribution is -2.56. The van der Waals surface area contributed by atoms with E-state index < -0.39 is 35.6 Å². The van der Waals surface area contributed by atoms with Gasteiger partial charge in [-0.25, -0.2) is 32.9 Å². The maximum Gasteiger partial charge on any atom is 0.337 e. The second-order valence-corrected chi connectivity index (χ2v) is 6.24. The van der Waals surface area contributed by atoms with E-state index in [1.54, 1.807) is 0 Å². The molecular formula is C17H23N5O5.